The van der Waals surface area contributed by atoms with Crippen molar-refractivity contribution in [2.45, 2.75) is 38.3 Å². The highest BCUT2D eigenvalue weighted by molar-refractivity contribution is 6.29. The summed E-state index contributed by atoms with van der Waals surface area (Å²) in [6.07, 6.45) is 8.24. The minimum absolute atomic E-state index is 0.00373. The van der Waals surface area contributed by atoms with Gasteiger partial charge in [-0.25, -0.2) is 0 Å². The highest BCUT2D eigenvalue weighted by Crippen LogP contribution is 2.23. The summed E-state index contributed by atoms with van der Waals surface area (Å²) in [4.78, 5) is 24.4. The van der Waals surface area contributed by atoms with Crippen molar-refractivity contribution in [3.63, 3.8) is 0 Å². The summed E-state index contributed by atoms with van der Waals surface area (Å²) in [5, 5.41) is 12.1. The number of hydrogen-bond acceptors (Lipinski definition) is 7. The number of allylic oxidation sites excluding steroid dienone is 1. The number of rotatable bonds is 11. The second kappa shape index (κ2) is 15.3. The number of aliphatic imine (C=N–C) groups is 1. The van der Waals surface area contributed by atoms with Crippen LogP contribution in [0.5, 0.6) is 11.5 Å². The number of amides is 1. The number of amidine groups is 1. The van der Waals surface area contributed by atoms with Crippen molar-refractivity contribution < 1.29 is 9.53 Å². The Morgan fingerprint density at radius 1 is 1.12 bits per heavy atom. The largest absolute Gasteiger partial charge is 0.457 e. The summed E-state index contributed by atoms with van der Waals surface area (Å²) in [6, 6.07) is 17.3. The van der Waals surface area contributed by atoms with E-state index in [2.05, 4.69) is 35.8 Å². The Balaban J connectivity index is 1.38. The lowest BCUT2D eigenvalue weighted by molar-refractivity contribution is -0.125. The van der Waals surface area contributed by atoms with Gasteiger partial charge in [-0.15, -0.1) is 0 Å². The first-order valence-electron chi connectivity index (χ1n) is 14.9. The molecule has 43 heavy (non-hydrogen) atoms. The maximum atomic E-state index is 12.9. The summed E-state index contributed by atoms with van der Waals surface area (Å²) in [6.45, 7) is 9.69. The Labute approximate surface area is 255 Å². The topological polar surface area (TPSA) is 110 Å². The Bertz CT molecular complexity index is 1340. The van der Waals surface area contributed by atoms with Crippen molar-refractivity contribution in [2.75, 3.05) is 46.8 Å². The average molecular weight is 584 g/mol. The molecule has 2 saturated heterocycles. The Hall–Kier alpha value is -4.21. The van der Waals surface area contributed by atoms with Crippen molar-refractivity contribution in [1.29, 1.82) is 5.41 Å². The van der Waals surface area contributed by atoms with Crippen LogP contribution in [-0.4, -0.2) is 91.1 Å². The summed E-state index contributed by atoms with van der Waals surface area (Å²) in [5.41, 5.74) is 8.18. The number of ether oxygens (including phenoxy) is 1. The van der Waals surface area contributed by atoms with Crippen LogP contribution in [0.4, 0.5) is 0 Å². The zero-order valence-electron chi connectivity index (χ0n) is 25.6. The second-order valence-electron chi connectivity index (χ2n) is 11.3. The van der Waals surface area contributed by atoms with Crippen LogP contribution in [0.2, 0.25) is 0 Å². The van der Waals surface area contributed by atoms with Crippen molar-refractivity contribution in [3.05, 3.63) is 96.4 Å². The van der Waals surface area contributed by atoms with E-state index in [9.17, 15) is 4.79 Å². The predicted octanol–water partition coefficient (Wildman–Crippen LogP) is 4.39. The predicted molar refractivity (Wildman–Crippen MR) is 175 cm³/mol. The van der Waals surface area contributed by atoms with Crippen LogP contribution in [0, 0.1) is 5.41 Å². The molecule has 0 spiro atoms. The molecule has 0 saturated carbocycles. The van der Waals surface area contributed by atoms with Gasteiger partial charge >= 0.3 is 0 Å². The highest BCUT2D eigenvalue weighted by atomic mass is 16.5. The third-order valence-corrected chi connectivity index (χ3v) is 7.99. The Morgan fingerprint density at radius 2 is 1.79 bits per heavy atom. The third kappa shape index (κ3) is 8.89. The van der Waals surface area contributed by atoms with Gasteiger partial charge < -0.3 is 25.6 Å². The quantitative estimate of drug-likeness (QED) is 0.206. The molecule has 4 N–H and O–H groups in total. The number of carbonyl (C=O) groups excluding carboxylic acids is 1. The van der Waals surface area contributed by atoms with Gasteiger partial charge in [0, 0.05) is 43.0 Å². The molecule has 2 heterocycles. The van der Waals surface area contributed by atoms with Crippen LogP contribution in [0.1, 0.15) is 31.7 Å². The van der Waals surface area contributed by atoms with Gasteiger partial charge in [-0.2, -0.15) is 0 Å². The maximum Gasteiger partial charge on any atom is 0.246 e. The molecule has 4 rings (SSSR count). The number of nitrogens with one attached hydrogen (secondary N) is 2. The Morgan fingerprint density at radius 3 is 2.44 bits per heavy atom. The van der Waals surface area contributed by atoms with Crippen LogP contribution in [0.3, 0.4) is 0 Å². The van der Waals surface area contributed by atoms with Gasteiger partial charge in [0.2, 0.25) is 5.91 Å². The lowest BCUT2D eigenvalue weighted by Gasteiger charge is -2.34. The molecule has 0 radical (unpaired) electrons. The molecule has 2 aliphatic heterocycles. The first-order valence-corrected chi connectivity index (χ1v) is 14.9. The van der Waals surface area contributed by atoms with E-state index >= 15 is 0 Å². The van der Waals surface area contributed by atoms with E-state index in [1.165, 1.54) is 6.20 Å². The number of hydrogen-bond donors (Lipinski definition) is 3. The van der Waals surface area contributed by atoms with Gasteiger partial charge in [0.05, 0.1) is 17.3 Å². The lowest BCUT2D eigenvalue weighted by atomic mass is 9.99. The van der Waals surface area contributed by atoms with Gasteiger partial charge in [0.25, 0.3) is 0 Å². The van der Waals surface area contributed by atoms with Crippen LogP contribution in [0.15, 0.2) is 95.8 Å². The fourth-order valence-electron chi connectivity index (χ4n) is 5.47. The molecule has 9 heteroatoms. The van der Waals surface area contributed by atoms with Gasteiger partial charge in [0.15, 0.2) is 0 Å². The van der Waals surface area contributed by atoms with E-state index in [0.717, 1.165) is 44.6 Å². The third-order valence-electron chi connectivity index (χ3n) is 7.99. The molecule has 228 valence electrons. The standard InChI is InChI=1S/C34H45N7O2/c1-5-37-34(32(25(2)35)33(36)26-13-15-30(16-14-26)43-29-10-7-6-8-11-29)38-27-17-23-41(24-27)31(42)12-9-20-40(4)28-18-21-39(3)22-19-28/h5-16,27-28,36H,1,17-24,35H2,2-4H3,(H,37,38)/b12-9+,32-25+,36-33?. The van der Waals surface area contributed by atoms with Crippen molar-refractivity contribution in [2.24, 2.45) is 10.7 Å². The van der Waals surface area contributed by atoms with E-state index < -0.39 is 0 Å². The molecule has 1 unspecified atom stereocenters. The van der Waals surface area contributed by atoms with Gasteiger partial charge in [-0.3, -0.25) is 20.1 Å². The highest BCUT2D eigenvalue weighted by Gasteiger charge is 2.27. The normalized spacial score (nSPS) is 19.0. The molecule has 0 aromatic heterocycles. The lowest BCUT2D eigenvalue weighted by Crippen LogP contribution is -2.41. The summed E-state index contributed by atoms with van der Waals surface area (Å²) >= 11 is 0. The average Bonchev–Trinajstić information content (AvgIpc) is 3.47. The minimum atomic E-state index is -0.120. The van der Waals surface area contributed by atoms with Crippen LogP contribution in [-0.2, 0) is 4.79 Å². The van der Waals surface area contributed by atoms with Gasteiger partial charge in [-0.05, 0) is 96.0 Å². The van der Waals surface area contributed by atoms with Crippen LogP contribution < -0.4 is 15.8 Å². The first-order chi connectivity index (χ1) is 20.7. The van der Waals surface area contributed by atoms with Gasteiger partial charge in [0.1, 0.15) is 17.3 Å². The molecule has 1 atom stereocenters. The molecular weight excluding hydrogens is 538 g/mol. The SMILES string of the molecule is C=CNC(=NC1CCN(C(=O)/C=C/CN(C)C2CCN(C)CC2)C1)/C(C(=N)c1ccc(Oc2ccccc2)cc1)=C(\C)N. The number of likely N-dealkylation sites (N-methyl/N-ethyl adjacent to an activating group) is 1. The van der Waals surface area contributed by atoms with Crippen molar-refractivity contribution >= 4 is 17.5 Å². The zero-order chi connectivity index (χ0) is 30.8. The fraction of sp³-hybridized carbons (Fsp3) is 0.382. The van der Waals surface area contributed by atoms with Crippen molar-refractivity contribution in [1.82, 2.24) is 20.0 Å². The van der Waals surface area contributed by atoms with E-state index in [1.807, 2.05) is 65.6 Å². The molecule has 9 nitrogen and oxygen atoms in total. The number of nitrogens with zero attached hydrogens (tertiary/aromatic N) is 4. The van der Waals surface area contributed by atoms with Crippen LogP contribution in [0.25, 0.3) is 0 Å². The van der Waals surface area contributed by atoms with Crippen LogP contribution >= 0.6 is 0 Å². The number of para-hydroxylation sites is 1. The number of nitrogens with two attached hydrogens (primary N) is 1. The van der Waals surface area contributed by atoms with Crippen molar-refractivity contribution in [3.8, 4) is 11.5 Å². The summed E-state index contributed by atoms with van der Waals surface area (Å²) in [5.74, 6) is 1.89. The van der Waals surface area contributed by atoms with E-state index in [0.29, 0.717) is 47.6 Å². The molecule has 2 fully saturated rings. The fourth-order valence-corrected chi connectivity index (χ4v) is 5.47. The molecule has 2 aromatic carbocycles. The number of benzene rings is 2. The molecule has 2 aliphatic rings. The molecule has 0 bridgehead atoms. The van der Waals surface area contributed by atoms with E-state index in [-0.39, 0.29) is 17.7 Å². The number of piperidine rings is 1. The number of carbonyl (C=O) groups is 1. The number of likely N-dealkylation sites (tertiary alicyclic amines) is 2. The van der Waals surface area contributed by atoms with Gasteiger partial charge in [-0.1, -0.05) is 30.9 Å². The molecule has 2 aromatic rings. The summed E-state index contributed by atoms with van der Waals surface area (Å²) < 4.78 is 5.89. The van der Waals surface area contributed by atoms with E-state index in [4.69, 9.17) is 20.9 Å². The molecule has 0 aliphatic carbocycles. The first kappa shape index (κ1) is 31.7. The maximum absolute atomic E-state index is 12.9. The summed E-state index contributed by atoms with van der Waals surface area (Å²) in [7, 11) is 4.30. The van der Waals surface area contributed by atoms with E-state index in [1.54, 1.807) is 13.0 Å². The molecular formula is C34H45N7O2. The Kier molecular flexibility index (Phi) is 11.3. The molecule has 1 amide bonds. The monoisotopic (exact) mass is 583 g/mol. The second-order valence-corrected chi connectivity index (χ2v) is 11.3. The smallest absolute Gasteiger partial charge is 0.246 e. The minimum Gasteiger partial charge on any atom is -0.457 e. The zero-order valence-corrected chi connectivity index (χ0v) is 25.6.